The summed E-state index contributed by atoms with van der Waals surface area (Å²) in [5.74, 6) is 0.0685. The van der Waals surface area contributed by atoms with Gasteiger partial charge in [-0.1, -0.05) is 30.3 Å². The Kier molecular flexibility index (Phi) is 10.2. The zero-order valence-electron chi connectivity index (χ0n) is 11.5. The Balaban J connectivity index is 0.00000324. The fourth-order valence-corrected chi connectivity index (χ4v) is 1.84. The van der Waals surface area contributed by atoms with Crippen LogP contribution in [0.4, 0.5) is 0 Å². The third kappa shape index (κ3) is 7.82. The van der Waals surface area contributed by atoms with Crippen molar-refractivity contribution >= 4 is 18.3 Å². The summed E-state index contributed by atoms with van der Waals surface area (Å²) in [6.45, 7) is 5.22. The van der Waals surface area contributed by atoms with Crippen LogP contribution in [0.2, 0.25) is 0 Å². The lowest BCUT2D eigenvalue weighted by Crippen LogP contribution is -2.40. The number of halogens is 1. The molecule has 1 aromatic rings. The molecule has 0 aliphatic heterocycles. The summed E-state index contributed by atoms with van der Waals surface area (Å²) in [5.41, 5.74) is 6.86. The lowest BCUT2D eigenvalue weighted by atomic mass is 10.1. The third-order valence-electron chi connectivity index (χ3n) is 2.75. The van der Waals surface area contributed by atoms with E-state index in [2.05, 4.69) is 22.3 Å². The van der Waals surface area contributed by atoms with Crippen LogP contribution in [-0.4, -0.2) is 43.5 Å². The standard InChI is InChI=1S/C14H23N3O.ClH/c1-2-16-14(18)12-17(11-9-15)10-8-13-6-4-3-5-7-13;/h3-7H,2,8-12,15H2,1H3,(H,16,18);1H. The normalized spacial score (nSPS) is 10.1. The number of nitrogens with zero attached hydrogens (tertiary/aromatic N) is 1. The number of hydrogen-bond donors (Lipinski definition) is 2. The topological polar surface area (TPSA) is 58.4 Å². The van der Waals surface area contributed by atoms with Crippen LogP contribution in [0, 0.1) is 0 Å². The molecule has 3 N–H and O–H groups in total. The summed E-state index contributed by atoms with van der Waals surface area (Å²) in [4.78, 5) is 13.6. The quantitative estimate of drug-likeness (QED) is 0.751. The first-order valence-corrected chi connectivity index (χ1v) is 6.49. The number of carbonyl (C=O) groups is 1. The highest BCUT2D eigenvalue weighted by Gasteiger charge is 2.09. The van der Waals surface area contributed by atoms with Gasteiger partial charge < -0.3 is 11.1 Å². The summed E-state index contributed by atoms with van der Waals surface area (Å²) in [5, 5.41) is 2.81. The SMILES string of the molecule is CCNC(=O)CN(CCN)CCc1ccccc1.Cl. The number of likely N-dealkylation sites (N-methyl/N-ethyl adjacent to an activating group) is 1. The average molecular weight is 286 g/mol. The van der Waals surface area contributed by atoms with Crippen molar-refractivity contribution in [2.75, 3.05) is 32.7 Å². The summed E-state index contributed by atoms with van der Waals surface area (Å²) in [6, 6.07) is 10.3. The summed E-state index contributed by atoms with van der Waals surface area (Å²) >= 11 is 0. The van der Waals surface area contributed by atoms with Crippen molar-refractivity contribution in [2.45, 2.75) is 13.3 Å². The molecule has 0 saturated carbocycles. The van der Waals surface area contributed by atoms with E-state index in [1.54, 1.807) is 0 Å². The van der Waals surface area contributed by atoms with Gasteiger partial charge in [0.05, 0.1) is 6.54 Å². The lowest BCUT2D eigenvalue weighted by molar-refractivity contribution is -0.122. The lowest BCUT2D eigenvalue weighted by Gasteiger charge is -2.20. The van der Waals surface area contributed by atoms with Crippen molar-refractivity contribution in [3.05, 3.63) is 35.9 Å². The van der Waals surface area contributed by atoms with Gasteiger partial charge in [0, 0.05) is 26.2 Å². The zero-order chi connectivity index (χ0) is 13.2. The molecule has 0 atom stereocenters. The van der Waals surface area contributed by atoms with Gasteiger partial charge in [-0.25, -0.2) is 0 Å². The Labute approximate surface area is 121 Å². The second-order valence-corrected chi connectivity index (χ2v) is 4.25. The van der Waals surface area contributed by atoms with Crippen molar-refractivity contribution in [2.24, 2.45) is 5.73 Å². The molecule has 19 heavy (non-hydrogen) atoms. The molecule has 0 saturated heterocycles. The van der Waals surface area contributed by atoms with Crippen LogP contribution in [0.1, 0.15) is 12.5 Å². The number of nitrogens with one attached hydrogen (secondary N) is 1. The van der Waals surface area contributed by atoms with Gasteiger partial charge in [-0.05, 0) is 18.9 Å². The van der Waals surface area contributed by atoms with E-state index in [1.807, 2.05) is 25.1 Å². The van der Waals surface area contributed by atoms with Crippen molar-refractivity contribution in [3.63, 3.8) is 0 Å². The fourth-order valence-electron chi connectivity index (χ4n) is 1.84. The maximum absolute atomic E-state index is 11.5. The molecule has 5 heteroatoms. The van der Waals surface area contributed by atoms with Crippen LogP contribution in [0.25, 0.3) is 0 Å². The molecule has 1 amide bonds. The van der Waals surface area contributed by atoms with E-state index in [0.29, 0.717) is 19.6 Å². The predicted molar refractivity (Wildman–Crippen MR) is 81.6 cm³/mol. The Morgan fingerprint density at radius 1 is 1.26 bits per heavy atom. The van der Waals surface area contributed by atoms with Crippen molar-refractivity contribution in [1.29, 1.82) is 0 Å². The van der Waals surface area contributed by atoms with Crippen LogP contribution in [0.15, 0.2) is 30.3 Å². The second kappa shape index (κ2) is 10.8. The smallest absolute Gasteiger partial charge is 0.234 e. The van der Waals surface area contributed by atoms with Gasteiger partial charge >= 0.3 is 0 Å². The van der Waals surface area contributed by atoms with Crippen LogP contribution < -0.4 is 11.1 Å². The molecule has 4 nitrogen and oxygen atoms in total. The summed E-state index contributed by atoms with van der Waals surface area (Å²) in [6.07, 6.45) is 0.945. The van der Waals surface area contributed by atoms with Gasteiger partial charge in [0.2, 0.25) is 5.91 Å². The Morgan fingerprint density at radius 2 is 1.95 bits per heavy atom. The number of carbonyl (C=O) groups excluding carboxylic acids is 1. The van der Waals surface area contributed by atoms with Crippen molar-refractivity contribution < 1.29 is 4.79 Å². The maximum Gasteiger partial charge on any atom is 0.234 e. The van der Waals surface area contributed by atoms with Crippen LogP contribution in [0.5, 0.6) is 0 Å². The summed E-state index contributed by atoms with van der Waals surface area (Å²) < 4.78 is 0. The Morgan fingerprint density at radius 3 is 2.53 bits per heavy atom. The maximum atomic E-state index is 11.5. The number of amides is 1. The molecule has 0 fully saturated rings. The van der Waals surface area contributed by atoms with E-state index >= 15 is 0 Å². The zero-order valence-corrected chi connectivity index (χ0v) is 12.3. The van der Waals surface area contributed by atoms with E-state index in [-0.39, 0.29) is 18.3 Å². The first-order valence-electron chi connectivity index (χ1n) is 6.49. The van der Waals surface area contributed by atoms with Crippen molar-refractivity contribution in [1.82, 2.24) is 10.2 Å². The minimum absolute atomic E-state index is 0. The predicted octanol–water partition coefficient (Wildman–Crippen LogP) is 1.05. The summed E-state index contributed by atoms with van der Waals surface area (Å²) in [7, 11) is 0. The van der Waals surface area contributed by atoms with Gasteiger partial charge in [-0.3, -0.25) is 9.69 Å². The molecular formula is C14H24ClN3O. The molecule has 0 aliphatic carbocycles. The first-order chi connectivity index (χ1) is 8.76. The highest BCUT2D eigenvalue weighted by Crippen LogP contribution is 2.01. The molecule has 0 aromatic heterocycles. The molecule has 0 aliphatic rings. The molecule has 108 valence electrons. The molecule has 0 radical (unpaired) electrons. The highest BCUT2D eigenvalue weighted by atomic mass is 35.5. The van der Waals surface area contributed by atoms with E-state index in [1.165, 1.54) is 5.56 Å². The van der Waals surface area contributed by atoms with Gasteiger partial charge in [-0.2, -0.15) is 0 Å². The largest absolute Gasteiger partial charge is 0.355 e. The molecule has 0 unspecified atom stereocenters. The Hall–Kier alpha value is -1.10. The molecule has 1 rings (SSSR count). The van der Waals surface area contributed by atoms with Crippen LogP contribution >= 0.6 is 12.4 Å². The van der Waals surface area contributed by atoms with Gasteiger partial charge in [0.1, 0.15) is 0 Å². The van der Waals surface area contributed by atoms with Crippen LogP contribution in [0.3, 0.4) is 0 Å². The molecule has 0 heterocycles. The van der Waals surface area contributed by atoms with E-state index in [9.17, 15) is 4.79 Å². The minimum atomic E-state index is 0. The average Bonchev–Trinajstić information content (AvgIpc) is 2.38. The van der Waals surface area contributed by atoms with E-state index in [0.717, 1.165) is 19.5 Å². The monoisotopic (exact) mass is 285 g/mol. The number of benzene rings is 1. The minimum Gasteiger partial charge on any atom is -0.355 e. The van der Waals surface area contributed by atoms with E-state index in [4.69, 9.17) is 5.73 Å². The number of rotatable bonds is 8. The van der Waals surface area contributed by atoms with Crippen LogP contribution in [-0.2, 0) is 11.2 Å². The van der Waals surface area contributed by atoms with E-state index < -0.39 is 0 Å². The van der Waals surface area contributed by atoms with Crippen molar-refractivity contribution in [3.8, 4) is 0 Å². The number of nitrogens with two attached hydrogens (primary N) is 1. The molecule has 1 aromatic carbocycles. The molecule has 0 spiro atoms. The third-order valence-corrected chi connectivity index (χ3v) is 2.75. The Bertz CT molecular complexity index is 346. The number of hydrogen-bond acceptors (Lipinski definition) is 3. The highest BCUT2D eigenvalue weighted by molar-refractivity contribution is 5.85. The van der Waals surface area contributed by atoms with Gasteiger partial charge in [-0.15, -0.1) is 12.4 Å². The van der Waals surface area contributed by atoms with Gasteiger partial charge in [0.25, 0.3) is 0 Å². The fraction of sp³-hybridized carbons (Fsp3) is 0.500. The molecular weight excluding hydrogens is 262 g/mol. The molecule has 0 bridgehead atoms. The second-order valence-electron chi connectivity index (χ2n) is 4.25. The first kappa shape index (κ1) is 17.9. The van der Waals surface area contributed by atoms with Gasteiger partial charge in [0.15, 0.2) is 0 Å².